The molecule has 0 aliphatic heterocycles. The normalized spacial score (nSPS) is 12.2. The summed E-state index contributed by atoms with van der Waals surface area (Å²) in [4.78, 5) is 23.8. The molecule has 1 atom stereocenters. The SMILES string of the molecule is CCC[C@@H](Sc1ccccc1NC(=O)C(C)C)C(=O)O. The van der Waals surface area contributed by atoms with Gasteiger partial charge in [0.25, 0.3) is 0 Å². The van der Waals surface area contributed by atoms with E-state index in [1.807, 2.05) is 39.0 Å². The van der Waals surface area contributed by atoms with Gasteiger partial charge in [-0.25, -0.2) is 0 Å². The number of rotatable bonds is 7. The summed E-state index contributed by atoms with van der Waals surface area (Å²) in [6, 6.07) is 7.31. The molecular formula is C15H21NO3S. The number of carboxylic acid groups (broad SMARTS) is 1. The second-order valence-electron chi connectivity index (χ2n) is 4.87. The molecule has 2 N–H and O–H groups in total. The molecule has 0 unspecified atom stereocenters. The molecule has 1 rings (SSSR count). The summed E-state index contributed by atoms with van der Waals surface area (Å²) in [5.41, 5.74) is 0.679. The molecule has 0 saturated heterocycles. The number of hydrogen-bond donors (Lipinski definition) is 2. The van der Waals surface area contributed by atoms with Gasteiger partial charge in [0.1, 0.15) is 5.25 Å². The van der Waals surface area contributed by atoms with Crippen molar-refractivity contribution in [2.75, 3.05) is 5.32 Å². The van der Waals surface area contributed by atoms with Gasteiger partial charge in [-0.15, -0.1) is 11.8 Å². The van der Waals surface area contributed by atoms with Gasteiger partial charge in [0.05, 0.1) is 5.69 Å². The topological polar surface area (TPSA) is 66.4 Å². The van der Waals surface area contributed by atoms with Crippen LogP contribution in [-0.2, 0) is 9.59 Å². The molecular weight excluding hydrogens is 274 g/mol. The van der Waals surface area contributed by atoms with Crippen molar-refractivity contribution in [2.24, 2.45) is 5.92 Å². The fourth-order valence-electron chi connectivity index (χ4n) is 1.60. The number of aliphatic carboxylic acids is 1. The number of thioether (sulfide) groups is 1. The smallest absolute Gasteiger partial charge is 0.316 e. The van der Waals surface area contributed by atoms with Crippen LogP contribution in [-0.4, -0.2) is 22.2 Å². The monoisotopic (exact) mass is 295 g/mol. The van der Waals surface area contributed by atoms with Gasteiger partial charge >= 0.3 is 5.97 Å². The zero-order chi connectivity index (χ0) is 15.1. The predicted molar refractivity (Wildman–Crippen MR) is 82.1 cm³/mol. The van der Waals surface area contributed by atoms with Gasteiger partial charge in [0, 0.05) is 10.8 Å². The van der Waals surface area contributed by atoms with Crippen LogP contribution in [0.25, 0.3) is 0 Å². The maximum Gasteiger partial charge on any atom is 0.316 e. The zero-order valence-electron chi connectivity index (χ0n) is 12.1. The maximum absolute atomic E-state index is 11.8. The standard InChI is InChI=1S/C15H21NO3S/c1-4-7-13(15(18)19)20-12-9-6-5-8-11(12)16-14(17)10(2)3/h5-6,8-10,13H,4,7H2,1-3H3,(H,16,17)(H,18,19)/t13-/m1/s1. The number of benzene rings is 1. The summed E-state index contributed by atoms with van der Waals surface area (Å²) >= 11 is 1.29. The number of amides is 1. The van der Waals surface area contributed by atoms with Crippen molar-refractivity contribution in [3.05, 3.63) is 24.3 Å². The van der Waals surface area contributed by atoms with Crippen LogP contribution >= 0.6 is 11.8 Å². The quantitative estimate of drug-likeness (QED) is 0.754. The van der Waals surface area contributed by atoms with Gasteiger partial charge in [-0.05, 0) is 18.6 Å². The zero-order valence-corrected chi connectivity index (χ0v) is 12.9. The van der Waals surface area contributed by atoms with Gasteiger partial charge in [0.15, 0.2) is 0 Å². The molecule has 0 fully saturated rings. The van der Waals surface area contributed by atoms with Gasteiger partial charge < -0.3 is 10.4 Å². The first kappa shape index (κ1) is 16.6. The lowest BCUT2D eigenvalue weighted by atomic mass is 10.2. The van der Waals surface area contributed by atoms with Crippen molar-refractivity contribution >= 4 is 29.3 Å². The third kappa shape index (κ3) is 4.89. The molecule has 1 aromatic rings. The number of para-hydroxylation sites is 1. The third-order valence-electron chi connectivity index (χ3n) is 2.76. The Morgan fingerprint density at radius 2 is 1.95 bits per heavy atom. The predicted octanol–water partition coefficient (Wildman–Crippen LogP) is 3.63. The third-order valence-corrected chi connectivity index (χ3v) is 4.10. The van der Waals surface area contributed by atoms with Crippen LogP contribution in [0.1, 0.15) is 33.6 Å². The van der Waals surface area contributed by atoms with E-state index < -0.39 is 11.2 Å². The van der Waals surface area contributed by atoms with Crippen molar-refractivity contribution in [3.8, 4) is 0 Å². The van der Waals surface area contributed by atoms with E-state index in [2.05, 4.69) is 5.32 Å². The van der Waals surface area contributed by atoms with Crippen LogP contribution < -0.4 is 5.32 Å². The molecule has 4 nitrogen and oxygen atoms in total. The molecule has 0 saturated carbocycles. The second kappa shape index (κ2) is 7.94. The summed E-state index contributed by atoms with van der Waals surface area (Å²) in [6.07, 6.45) is 1.41. The lowest BCUT2D eigenvalue weighted by molar-refractivity contribution is -0.136. The van der Waals surface area contributed by atoms with Crippen molar-refractivity contribution < 1.29 is 14.7 Å². The molecule has 1 aromatic carbocycles. The highest BCUT2D eigenvalue weighted by atomic mass is 32.2. The molecule has 1 amide bonds. The first-order chi connectivity index (χ1) is 9.45. The number of anilines is 1. The fraction of sp³-hybridized carbons (Fsp3) is 0.467. The minimum Gasteiger partial charge on any atom is -0.480 e. The van der Waals surface area contributed by atoms with Crippen molar-refractivity contribution in [1.29, 1.82) is 0 Å². The van der Waals surface area contributed by atoms with Gasteiger partial charge in [-0.2, -0.15) is 0 Å². The Labute approximate surface area is 124 Å². The van der Waals surface area contributed by atoms with E-state index in [-0.39, 0.29) is 11.8 Å². The Bertz CT molecular complexity index is 474. The molecule has 0 aliphatic rings. The average molecular weight is 295 g/mol. The molecule has 110 valence electrons. The summed E-state index contributed by atoms with van der Waals surface area (Å²) in [5.74, 6) is -0.999. The van der Waals surface area contributed by atoms with E-state index in [0.29, 0.717) is 12.1 Å². The summed E-state index contributed by atoms with van der Waals surface area (Å²) < 4.78 is 0. The Morgan fingerprint density at radius 3 is 2.50 bits per heavy atom. The van der Waals surface area contributed by atoms with E-state index in [4.69, 9.17) is 0 Å². The lowest BCUT2D eigenvalue weighted by Crippen LogP contribution is -2.19. The second-order valence-corrected chi connectivity index (χ2v) is 6.12. The fourth-order valence-corrected chi connectivity index (χ4v) is 2.76. The molecule has 0 aromatic heterocycles. The number of nitrogens with one attached hydrogen (secondary N) is 1. The average Bonchev–Trinajstić information content (AvgIpc) is 2.39. The first-order valence-electron chi connectivity index (χ1n) is 6.75. The Kier molecular flexibility index (Phi) is 6.58. The molecule has 0 heterocycles. The van der Waals surface area contributed by atoms with Crippen LogP contribution in [0.4, 0.5) is 5.69 Å². The summed E-state index contributed by atoms with van der Waals surface area (Å²) in [5, 5.41) is 11.6. The minimum atomic E-state index is -0.818. The number of carbonyl (C=O) groups excluding carboxylic acids is 1. The van der Waals surface area contributed by atoms with Crippen LogP contribution in [0, 0.1) is 5.92 Å². The van der Waals surface area contributed by atoms with Gasteiger partial charge in [0.2, 0.25) is 5.91 Å². The Morgan fingerprint density at radius 1 is 1.30 bits per heavy atom. The lowest BCUT2D eigenvalue weighted by Gasteiger charge is -2.15. The van der Waals surface area contributed by atoms with Crippen molar-refractivity contribution in [1.82, 2.24) is 0 Å². The van der Waals surface area contributed by atoms with Crippen LogP contribution in [0.15, 0.2) is 29.2 Å². The van der Waals surface area contributed by atoms with Gasteiger partial charge in [-0.1, -0.05) is 39.3 Å². The van der Waals surface area contributed by atoms with Gasteiger partial charge in [-0.3, -0.25) is 9.59 Å². The largest absolute Gasteiger partial charge is 0.480 e. The summed E-state index contributed by atoms with van der Waals surface area (Å²) in [7, 11) is 0. The van der Waals surface area contributed by atoms with E-state index in [1.165, 1.54) is 11.8 Å². The van der Waals surface area contributed by atoms with E-state index in [0.717, 1.165) is 11.3 Å². The highest BCUT2D eigenvalue weighted by molar-refractivity contribution is 8.00. The number of hydrogen-bond acceptors (Lipinski definition) is 3. The van der Waals surface area contributed by atoms with E-state index in [9.17, 15) is 14.7 Å². The molecule has 0 bridgehead atoms. The highest BCUT2D eigenvalue weighted by Gasteiger charge is 2.20. The van der Waals surface area contributed by atoms with Crippen LogP contribution in [0.2, 0.25) is 0 Å². The highest BCUT2D eigenvalue weighted by Crippen LogP contribution is 2.32. The van der Waals surface area contributed by atoms with E-state index >= 15 is 0 Å². The van der Waals surface area contributed by atoms with Crippen LogP contribution in [0.5, 0.6) is 0 Å². The number of carboxylic acids is 1. The van der Waals surface area contributed by atoms with Crippen LogP contribution in [0.3, 0.4) is 0 Å². The maximum atomic E-state index is 11.8. The first-order valence-corrected chi connectivity index (χ1v) is 7.63. The molecule has 0 aliphatic carbocycles. The Hall–Kier alpha value is -1.49. The summed E-state index contributed by atoms with van der Waals surface area (Å²) in [6.45, 7) is 5.60. The molecule has 5 heteroatoms. The van der Waals surface area contributed by atoms with Crippen molar-refractivity contribution in [2.45, 2.75) is 43.8 Å². The molecule has 20 heavy (non-hydrogen) atoms. The van der Waals surface area contributed by atoms with Crippen molar-refractivity contribution in [3.63, 3.8) is 0 Å². The minimum absolute atomic E-state index is 0.0691. The molecule has 0 radical (unpaired) electrons. The Balaban J connectivity index is 2.89. The number of carbonyl (C=O) groups is 2. The molecule has 0 spiro atoms. The van der Waals surface area contributed by atoms with E-state index in [1.54, 1.807) is 6.07 Å².